The van der Waals surface area contributed by atoms with Crippen LogP contribution in [0.4, 0.5) is 0 Å². The standard InChI is InChI=1S/C15H16BrClN2O7/c1-7(20)24-6-10-12(25-8(2)21)11(17)14(26-10)19-5-9(3-4-16)13(22)18-15(19)23/h3-5,10-12,14H,6H2,1-2H3,(H,18,22,23)/b4-3+/t10-,11-,12-,14-/m1/s1. The molecule has 0 unspecified atom stereocenters. The van der Waals surface area contributed by atoms with E-state index in [0.717, 1.165) is 4.57 Å². The van der Waals surface area contributed by atoms with Crippen molar-refractivity contribution in [3.05, 3.63) is 37.6 Å². The van der Waals surface area contributed by atoms with Gasteiger partial charge in [-0.1, -0.05) is 15.9 Å². The fourth-order valence-corrected chi connectivity index (χ4v) is 3.14. The van der Waals surface area contributed by atoms with Gasteiger partial charge in [0.1, 0.15) is 18.1 Å². The zero-order valence-corrected chi connectivity index (χ0v) is 16.2. The van der Waals surface area contributed by atoms with Crippen LogP contribution in [-0.4, -0.2) is 45.7 Å². The number of ether oxygens (including phenoxy) is 3. The predicted octanol–water partition coefficient (Wildman–Crippen LogP) is 0.902. The van der Waals surface area contributed by atoms with Crippen LogP contribution in [0.25, 0.3) is 6.08 Å². The molecule has 2 rings (SSSR count). The lowest BCUT2D eigenvalue weighted by Crippen LogP contribution is -2.38. The largest absolute Gasteiger partial charge is 0.463 e. The quantitative estimate of drug-likeness (QED) is 0.522. The van der Waals surface area contributed by atoms with Gasteiger partial charge in [0.2, 0.25) is 0 Å². The van der Waals surface area contributed by atoms with Crippen molar-refractivity contribution < 1.29 is 23.8 Å². The van der Waals surface area contributed by atoms with E-state index in [2.05, 4.69) is 20.9 Å². The highest BCUT2D eigenvalue weighted by Gasteiger charge is 2.47. The third-order valence-electron chi connectivity index (χ3n) is 3.53. The van der Waals surface area contributed by atoms with E-state index in [-0.39, 0.29) is 12.2 Å². The Morgan fingerprint density at radius 1 is 1.38 bits per heavy atom. The Hall–Kier alpha value is -1.91. The Morgan fingerprint density at radius 2 is 2.08 bits per heavy atom. The zero-order valence-electron chi connectivity index (χ0n) is 13.8. The number of H-pyrrole nitrogens is 1. The van der Waals surface area contributed by atoms with Crippen molar-refractivity contribution in [2.24, 2.45) is 0 Å². The number of hydrogen-bond donors (Lipinski definition) is 1. The van der Waals surface area contributed by atoms with Gasteiger partial charge in [-0.3, -0.25) is 23.9 Å². The molecular formula is C15H16BrClN2O7. The Kier molecular flexibility index (Phi) is 6.79. The molecule has 2 heterocycles. The average molecular weight is 452 g/mol. The van der Waals surface area contributed by atoms with Gasteiger partial charge in [-0.25, -0.2) is 4.79 Å². The van der Waals surface area contributed by atoms with E-state index in [9.17, 15) is 19.2 Å². The second-order valence-corrected chi connectivity index (χ2v) is 6.46. The molecule has 1 aliphatic heterocycles. The first-order chi connectivity index (χ1) is 12.2. The molecule has 1 saturated heterocycles. The summed E-state index contributed by atoms with van der Waals surface area (Å²) in [6.07, 6.45) is -0.157. The number of alkyl halides is 1. The molecule has 1 aromatic rings. The molecule has 4 atom stereocenters. The van der Waals surface area contributed by atoms with Crippen LogP contribution in [0.5, 0.6) is 0 Å². The van der Waals surface area contributed by atoms with Crippen molar-refractivity contribution in [3.63, 3.8) is 0 Å². The first kappa shape index (κ1) is 20.4. The average Bonchev–Trinajstić information content (AvgIpc) is 2.84. The van der Waals surface area contributed by atoms with E-state index < -0.39 is 47.0 Å². The third kappa shape index (κ3) is 4.63. The highest BCUT2D eigenvalue weighted by molar-refractivity contribution is 9.11. The first-order valence-electron chi connectivity index (χ1n) is 7.47. The molecule has 0 spiro atoms. The van der Waals surface area contributed by atoms with Crippen molar-refractivity contribution in [3.8, 4) is 0 Å². The number of esters is 2. The number of hydrogen-bond acceptors (Lipinski definition) is 7. The summed E-state index contributed by atoms with van der Waals surface area (Å²) in [6, 6.07) is 0. The zero-order chi connectivity index (χ0) is 19.4. The lowest BCUT2D eigenvalue weighted by molar-refractivity contribution is -0.155. The molecule has 142 valence electrons. The Labute approximate surface area is 161 Å². The highest BCUT2D eigenvalue weighted by atomic mass is 79.9. The Morgan fingerprint density at radius 3 is 2.65 bits per heavy atom. The van der Waals surface area contributed by atoms with Crippen molar-refractivity contribution in [2.75, 3.05) is 6.61 Å². The molecule has 0 saturated carbocycles. The second-order valence-electron chi connectivity index (χ2n) is 5.43. The van der Waals surface area contributed by atoms with Gasteiger partial charge in [0.25, 0.3) is 5.56 Å². The summed E-state index contributed by atoms with van der Waals surface area (Å²) in [5, 5.41) is -0.955. The maximum Gasteiger partial charge on any atom is 0.330 e. The van der Waals surface area contributed by atoms with Gasteiger partial charge >= 0.3 is 17.6 Å². The van der Waals surface area contributed by atoms with Gasteiger partial charge in [-0.2, -0.15) is 0 Å². The molecule has 0 bridgehead atoms. The Bertz CT molecular complexity index is 834. The fourth-order valence-electron chi connectivity index (χ4n) is 2.46. The maximum absolute atomic E-state index is 12.2. The van der Waals surface area contributed by atoms with Crippen LogP contribution in [0.15, 0.2) is 20.8 Å². The number of nitrogens with zero attached hydrogens (tertiary/aromatic N) is 1. The summed E-state index contributed by atoms with van der Waals surface area (Å²) in [5.41, 5.74) is -1.15. The van der Waals surface area contributed by atoms with Crippen molar-refractivity contribution in [1.82, 2.24) is 9.55 Å². The van der Waals surface area contributed by atoms with E-state index >= 15 is 0 Å². The van der Waals surface area contributed by atoms with Gasteiger partial charge in [0.05, 0.1) is 5.56 Å². The highest BCUT2D eigenvalue weighted by Crippen LogP contribution is 2.35. The molecule has 1 N–H and O–H groups in total. The molecule has 26 heavy (non-hydrogen) atoms. The van der Waals surface area contributed by atoms with Gasteiger partial charge in [0.15, 0.2) is 12.3 Å². The van der Waals surface area contributed by atoms with E-state index in [1.54, 1.807) is 0 Å². The van der Waals surface area contributed by atoms with Gasteiger partial charge in [-0.05, 0) is 11.1 Å². The topological polar surface area (TPSA) is 117 Å². The SMILES string of the molecule is CC(=O)OC[C@H]1O[C@@H](n2cc(/C=C/Br)c(=O)[nH]c2=O)[C@H](Cl)[C@@H]1OC(C)=O. The molecule has 0 aliphatic carbocycles. The molecule has 1 aromatic heterocycles. The van der Waals surface area contributed by atoms with Crippen LogP contribution < -0.4 is 11.2 Å². The number of carbonyl (C=O) groups excluding carboxylic acids is 2. The van der Waals surface area contributed by atoms with Gasteiger partial charge in [-0.15, -0.1) is 11.6 Å². The van der Waals surface area contributed by atoms with Gasteiger partial charge in [0, 0.05) is 20.0 Å². The fraction of sp³-hybridized carbons (Fsp3) is 0.467. The van der Waals surface area contributed by atoms with Crippen LogP contribution in [-0.2, 0) is 23.8 Å². The van der Waals surface area contributed by atoms with Crippen molar-refractivity contribution >= 4 is 45.5 Å². The molecule has 11 heteroatoms. The summed E-state index contributed by atoms with van der Waals surface area (Å²) < 4.78 is 16.9. The predicted molar refractivity (Wildman–Crippen MR) is 95.0 cm³/mol. The van der Waals surface area contributed by atoms with Crippen molar-refractivity contribution in [1.29, 1.82) is 0 Å². The molecule has 1 fully saturated rings. The van der Waals surface area contributed by atoms with Crippen LogP contribution in [0, 0.1) is 0 Å². The third-order valence-corrected chi connectivity index (χ3v) is 4.26. The van der Waals surface area contributed by atoms with Crippen LogP contribution >= 0.6 is 27.5 Å². The molecule has 1 aliphatic rings. The number of aromatic amines is 1. The van der Waals surface area contributed by atoms with Crippen LogP contribution in [0.2, 0.25) is 0 Å². The number of carbonyl (C=O) groups is 2. The van der Waals surface area contributed by atoms with Crippen LogP contribution in [0.3, 0.4) is 0 Å². The van der Waals surface area contributed by atoms with E-state index in [0.29, 0.717) is 0 Å². The van der Waals surface area contributed by atoms with E-state index in [4.69, 9.17) is 25.8 Å². The maximum atomic E-state index is 12.2. The van der Waals surface area contributed by atoms with Crippen LogP contribution in [0.1, 0.15) is 25.6 Å². The summed E-state index contributed by atoms with van der Waals surface area (Å²) in [7, 11) is 0. The monoisotopic (exact) mass is 450 g/mol. The summed E-state index contributed by atoms with van der Waals surface area (Å²) in [6.45, 7) is 2.21. The summed E-state index contributed by atoms with van der Waals surface area (Å²) in [5.74, 6) is -1.15. The molecule has 0 radical (unpaired) electrons. The number of aromatic nitrogens is 2. The lowest BCUT2D eigenvalue weighted by Gasteiger charge is -2.19. The number of halogens is 2. The summed E-state index contributed by atoms with van der Waals surface area (Å²) >= 11 is 9.41. The van der Waals surface area contributed by atoms with E-state index in [1.165, 1.54) is 31.1 Å². The summed E-state index contributed by atoms with van der Waals surface area (Å²) in [4.78, 5) is 50.0. The van der Waals surface area contributed by atoms with Gasteiger partial charge < -0.3 is 14.2 Å². The minimum Gasteiger partial charge on any atom is -0.463 e. The number of rotatable bonds is 5. The molecule has 0 aromatic carbocycles. The first-order valence-corrected chi connectivity index (χ1v) is 8.82. The molecular weight excluding hydrogens is 436 g/mol. The second kappa shape index (κ2) is 8.65. The normalized spacial score (nSPS) is 25.4. The molecule has 0 amide bonds. The van der Waals surface area contributed by atoms with Crippen molar-refractivity contribution in [2.45, 2.75) is 37.7 Å². The number of nitrogens with one attached hydrogen (secondary N) is 1. The Balaban J connectivity index is 2.38. The minimum absolute atomic E-state index is 0.182. The molecule has 9 nitrogen and oxygen atoms in total. The van der Waals surface area contributed by atoms with E-state index in [1.807, 2.05) is 0 Å². The lowest BCUT2D eigenvalue weighted by atomic mass is 10.1. The smallest absolute Gasteiger partial charge is 0.330 e. The minimum atomic E-state index is -1.05.